The third-order valence-corrected chi connectivity index (χ3v) is 6.44. The summed E-state index contributed by atoms with van der Waals surface area (Å²) in [6, 6.07) is 4.55. The lowest BCUT2D eigenvalue weighted by Crippen LogP contribution is -2.23. The van der Waals surface area contributed by atoms with Crippen molar-refractivity contribution in [1.82, 2.24) is 19.7 Å². The number of hydrogen-bond donors (Lipinski definition) is 1. The third kappa shape index (κ3) is 3.97. The van der Waals surface area contributed by atoms with E-state index in [0.29, 0.717) is 12.5 Å². The molecule has 0 saturated heterocycles. The van der Waals surface area contributed by atoms with Gasteiger partial charge in [-0.25, -0.2) is 27.2 Å². The first-order valence-electron chi connectivity index (χ1n) is 9.27. The van der Waals surface area contributed by atoms with Gasteiger partial charge >= 0.3 is 0 Å². The van der Waals surface area contributed by atoms with E-state index in [1.165, 1.54) is 12.3 Å². The second kappa shape index (κ2) is 7.98. The summed E-state index contributed by atoms with van der Waals surface area (Å²) in [7, 11) is -2.57. The molecule has 8 nitrogen and oxygen atoms in total. The number of aryl methyl sites for hydroxylation is 1. The minimum atomic E-state index is -4.38. The van der Waals surface area contributed by atoms with Crippen molar-refractivity contribution in [3.8, 4) is 5.75 Å². The van der Waals surface area contributed by atoms with Gasteiger partial charge in [-0.1, -0.05) is 0 Å². The summed E-state index contributed by atoms with van der Waals surface area (Å²) in [5, 5.41) is 4.15. The number of hydrogen-bond acceptors (Lipinski definition) is 6. The number of sulfonamides is 1. The quantitative estimate of drug-likeness (QED) is 0.639. The highest BCUT2D eigenvalue weighted by atomic mass is 32.2. The summed E-state index contributed by atoms with van der Waals surface area (Å²) >= 11 is 0. The number of rotatable bonds is 6. The largest absolute Gasteiger partial charge is 0.487 e. The Balaban J connectivity index is 1.58. The molecule has 0 unspecified atom stereocenters. The minimum Gasteiger partial charge on any atom is -0.487 e. The monoisotopic (exact) mass is 435 g/mol. The van der Waals surface area contributed by atoms with Crippen LogP contribution in [0.5, 0.6) is 5.75 Å². The summed E-state index contributed by atoms with van der Waals surface area (Å²) in [5.74, 6) is -2.48. The molecule has 4 rings (SSSR count). The van der Waals surface area contributed by atoms with Crippen molar-refractivity contribution in [2.45, 2.75) is 36.2 Å². The highest BCUT2D eigenvalue weighted by Crippen LogP contribution is 2.38. The number of aromatic nitrogens is 4. The molecular formula is C19H19F2N5O3S. The van der Waals surface area contributed by atoms with Gasteiger partial charge in [-0.3, -0.25) is 9.40 Å². The van der Waals surface area contributed by atoms with E-state index in [9.17, 15) is 17.2 Å². The maximum atomic E-state index is 14.7. The summed E-state index contributed by atoms with van der Waals surface area (Å²) in [5.41, 5.74) is 0.951. The van der Waals surface area contributed by atoms with Crippen molar-refractivity contribution >= 4 is 15.8 Å². The molecule has 3 aromatic rings. The Kier molecular flexibility index (Phi) is 5.37. The van der Waals surface area contributed by atoms with Crippen molar-refractivity contribution < 1.29 is 21.9 Å². The number of anilines is 1. The Morgan fingerprint density at radius 3 is 2.70 bits per heavy atom. The van der Waals surface area contributed by atoms with E-state index in [2.05, 4.69) is 19.8 Å². The molecule has 1 aromatic carbocycles. The van der Waals surface area contributed by atoms with Crippen LogP contribution in [-0.4, -0.2) is 34.3 Å². The van der Waals surface area contributed by atoms with Gasteiger partial charge in [0.2, 0.25) is 0 Å². The molecule has 0 spiro atoms. The summed E-state index contributed by atoms with van der Waals surface area (Å²) < 4.78 is 63.8. The van der Waals surface area contributed by atoms with Crippen LogP contribution in [0.2, 0.25) is 0 Å². The Morgan fingerprint density at radius 2 is 2.00 bits per heavy atom. The average Bonchev–Trinajstić information content (AvgIpc) is 3.33. The molecule has 1 saturated carbocycles. The lowest BCUT2D eigenvalue weighted by Gasteiger charge is -2.22. The molecule has 11 heteroatoms. The molecule has 2 heterocycles. The first-order chi connectivity index (χ1) is 14.3. The predicted octanol–water partition coefficient (Wildman–Crippen LogP) is 3.00. The van der Waals surface area contributed by atoms with E-state index in [4.69, 9.17) is 4.74 Å². The Morgan fingerprint density at radius 1 is 1.17 bits per heavy atom. The van der Waals surface area contributed by atoms with Gasteiger partial charge in [0.05, 0.1) is 0 Å². The topological polar surface area (TPSA) is 99.0 Å². The van der Waals surface area contributed by atoms with Crippen LogP contribution in [0, 0.1) is 11.6 Å². The van der Waals surface area contributed by atoms with Gasteiger partial charge in [0.1, 0.15) is 29.0 Å². The second-order valence-electron chi connectivity index (χ2n) is 6.99. The first kappa shape index (κ1) is 20.2. The van der Waals surface area contributed by atoms with E-state index in [-0.39, 0.29) is 23.6 Å². The van der Waals surface area contributed by atoms with Crippen LogP contribution in [0.15, 0.2) is 47.9 Å². The fourth-order valence-corrected chi connectivity index (χ4v) is 4.75. The summed E-state index contributed by atoms with van der Waals surface area (Å²) in [6.45, 7) is 0. The molecule has 30 heavy (non-hydrogen) atoms. The van der Waals surface area contributed by atoms with Gasteiger partial charge in [0, 0.05) is 43.2 Å². The Hall–Kier alpha value is -3.08. The zero-order valence-electron chi connectivity index (χ0n) is 16.0. The first-order valence-corrected chi connectivity index (χ1v) is 10.8. The third-order valence-electron chi connectivity index (χ3n) is 5.07. The zero-order valence-corrected chi connectivity index (χ0v) is 16.8. The van der Waals surface area contributed by atoms with Crippen LogP contribution in [0.1, 0.15) is 30.9 Å². The van der Waals surface area contributed by atoms with Crippen LogP contribution in [0.4, 0.5) is 14.6 Å². The van der Waals surface area contributed by atoms with Crippen LogP contribution in [0.3, 0.4) is 0 Å². The van der Waals surface area contributed by atoms with Gasteiger partial charge in [-0.05, 0) is 31.4 Å². The molecule has 1 fully saturated rings. The molecule has 158 valence electrons. The van der Waals surface area contributed by atoms with E-state index in [0.717, 1.165) is 30.9 Å². The van der Waals surface area contributed by atoms with Crippen molar-refractivity contribution in [3.63, 3.8) is 0 Å². The highest BCUT2D eigenvalue weighted by Gasteiger charge is 2.33. The molecule has 0 amide bonds. The van der Waals surface area contributed by atoms with Crippen LogP contribution in [-0.2, 0) is 17.1 Å². The number of ether oxygens (including phenoxy) is 1. The van der Waals surface area contributed by atoms with E-state index in [1.54, 1.807) is 10.9 Å². The van der Waals surface area contributed by atoms with Crippen molar-refractivity contribution in [2.24, 2.45) is 7.05 Å². The standard InChI is InChI=1S/C19H19F2N5O3S/c1-26-15(5-8-24-26)12-3-2-4-16(12)29-17-9-14(21)18(10-13(17)20)30(27,28)25-19-6-7-22-11-23-19/h5-12,16H,2-4H2,1H3,(H,22,23,25)/t12-,16+/m0/s1. The lowest BCUT2D eigenvalue weighted by atomic mass is 10.0. The van der Waals surface area contributed by atoms with Gasteiger partial charge in [0.15, 0.2) is 11.6 Å². The Bertz CT molecular complexity index is 1150. The van der Waals surface area contributed by atoms with Crippen molar-refractivity contribution in [1.29, 1.82) is 0 Å². The summed E-state index contributed by atoms with van der Waals surface area (Å²) in [4.78, 5) is 6.55. The molecule has 1 N–H and O–H groups in total. The minimum absolute atomic E-state index is 0.0113. The van der Waals surface area contributed by atoms with Gasteiger partial charge in [-0.15, -0.1) is 0 Å². The number of nitrogens with one attached hydrogen (secondary N) is 1. The van der Waals surface area contributed by atoms with E-state index < -0.39 is 26.6 Å². The maximum absolute atomic E-state index is 14.7. The fraction of sp³-hybridized carbons (Fsp3) is 0.316. The zero-order chi connectivity index (χ0) is 21.3. The smallest absolute Gasteiger partial charge is 0.266 e. The SMILES string of the molecule is Cn1nccc1[C@@H]1CCC[C@H]1Oc1cc(F)c(S(=O)(=O)Nc2ccncn2)cc1F. The average molecular weight is 435 g/mol. The van der Waals surface area contributed by atoms with Gasteiger partial charge in [0.25, 0.3) is 10.0 Å². The fourth-order valence-electron chi connectivity index (χ4n) is 3.67. The van der Waals surface area contributed by atoms with Crippen LogP contribution in [0.25, 0.3) is 0 Å². The van der Waals surface area contributed by atoms with Crippen LogP contribution < -0.4 is 9.46 Å². The molecule has 1 aliphatic carbocycles. The molecule has 0 bridgehead atoms. The molecule has 2 aromatic heterocycles. The van der Waals surface area contributed by atoms with Gasteiger partial charge in [-0.2, -0.15) is 5.10 Å². The second-order valence-corrected chi connectivity index (χ2v) is 8.64. The predicted molar refractivity (Wildman–Crippen MR) is 103 cm³/mol. The van der Waals surface area contributed by atoms with Crippen molar-refractivity contribution in [2.75, 3.05) is 4.72 Å². The molecule has 1 aliphatic rings. The number of nitrogens with zero attached hydrogens (tertiary/aromatic N) is 4. The Labute approximate surface area is 172 Å². The van der Waals surface area contributed by atoms with Gasteiger partial charge < -0.3 is 4.74 Å². The lowest BCUT2D eigenvalue weighted by molar-refractivity contribution is 0.178. The molecule has 2 atom stereocenters. The normalized spacial score (nSPS) is 19.0. The summed E-state index contributed by atoms with van der Waals surface area (Å²) in [6.07, 6.45) is 6.15. The molecular weight excluding hydrogens is 416 g/mol. The molecule has 0 radical (unpaired) electrons. The van der Waals surface area contributed by atoms with Crippen molar-refractivity contribution in [3.05, 3.63) is 60.3 Å². The number of halogens is 2. The number of benzene rings is 1. The van der Waals surface area contributed by atoms with E-state index >= 15 is 0 Å². The molecule has 0 aliphatic heterocycles. The highest BCUT2D eigenvalue weighted by molar-refractivity contribution is 7.92. The van der Waals surface area contributed by atoms with Crippen LogP contribution >= 0.6 is 0 Å². The van der Waals surface area contributed by atoms with E-state index in [1.807, 2.05) is 13.1 Å². The maximum Gasteiger partial charge on any atom is 0.266 e.